The molecule has 23 heavy (non-hydrogen) atoms. The number of hydrogen-bond acceptors (Lipinski definition) is 3. The number of fused-ring (bicyclic) bond motifs is 1. The largest absolute Gasteiger partial charge is 0.486 e. The number of para-hydroxylation sites is 2. The summed E-state index contributed by atoms with van der Waals surface area (Å²) in [5.41, 5.74) is 0.508. The van der Waals surface area contributed by atoms with Gasteiger partial charge in [0.25, 0.3) is 5.91 Å². The highest BCUT2D eigenvalue weighted by Crippen LogP contribution is 2.31. The van der Waals surface area contributed by atoms with Gasteiger partial charge in [-0.05, 0) is 31.2 Å². The molecule has 1 atom stereocenters. The van der Waals surface area contributed by atoms with Gasteiger partial charge in [-0.15, -0.1) is 0 Å². The predicted octanol–water partition coefficient (Wildman–Crippen LogP) is 3.64. The molecule has 120 valence electrons. The summed E-state index contributed by atoms with van der Waals surface area (Å²) in [5.74, 6) is 1.36. The summed E-state index contributed by atoms with van der Waals surface area (Å²) < 4.78 is 11.6. The molecule has 0 saturated carbocycles. The Morgan fingerprint density at radius 3 is 2.61 bits per heavy atom. The zero-order valence-corrected chi connectivity index (χ0v) is 13.6. The number of halogens is 1. The van der Waals surface area contributed by atoms with Crippen molar-refractivity contribution in [2.75, 3.05) is 19.7 Å². The van der Waals surface area contributed by atoms with Gasteiger partial charge in [0, 0.05) is 6.54 Å². The van der Waals surface area contributed by atoms with Crippen molar-refractivity contribution in [2.45, 2.75) is 13.0 Å². The van der Waals surface area contributed by atoms with Crippen LogP contribution >= 0.6 is 11.6 Å². The van der Waals surface area contributed by atoms with Crippen LogP contribution in [-0.4, -0.2) is 36.6 Å². The third kappa shape index (κ3) is 3.42. The monoisotopic (exact) mass is 331 g/mol. The lowest BCUT2D eigenvalue weighted by Crippen LogP contribution is -2.43. The first-order chi connectivity index (χ1) is 11.2. The fourth-order valence-electron chi connectivity index (χ4n) is 2.56. The SMILES string of the molecule is CCN(CC1COc2ccccc2O1)C(=O)c1ccccc1Cl. The Hall–Kier alpha value is -2.20. The number of nitrogens with zero attached hydrogens (tertiary/aromatic N) is 1. The summed E-state index contributed by atoms with van der Waals surface area (Å²) >= 11 is 6.13. The smallest absolute Gasteiger partial charge is 0.255 e. The van der Waals surface area contributed by atoms with Gasteiger partial charge in [-0.3, -0.25) is 4.79 Å². The van der Waals surface area contributed by atoms with Gasteiger partial charge >= 0.3 is 0 Å². The molecule has 1 amide bonds. The van der Waals surface area contributed by atoms with E-state index in [0.29, 0.717) is 36.0 Å². The average Bonchev–Trinajstić information content (AvgIpc) is 2.59. The number of carbonyl (C=O) groups is 1. The first-order valence-corrected chi connectivity index (χ1v) is 7.99. The minimum absolute atomic E-state index is 0.0967. The van der Waals surface area contributed by atoms with Gasteiger partial charge in [0.15, 0.2) is 17.6 Å². The van der Waals surface area contributed by atoms with E-state index in [1.807, 2.05) is 43.3 Å². The maximum absolute atomic E-state index is 12.7. The van der Waals surface area contributed by atoms with E-state index in [1.165, 1.54) is 0 Å². The van der Waals surface area contributed by atoms with E-state index < -0.39 is 0 Å². The van der Waals surface area contributed by atoms with Gasteiger partial charge in [0.2, 0.25) is 0 Å². The first kappa shape index (κ1) is 15.7. The van der Waals surface area contributed by atoms with Crippen LogP contribution in [0.3, 0.4) is 0 Å². The molecule has 0 bridgehead atoms. The summed E-state index contributed by atoms with van der Waals surface area (Å²) in [7, 11) is 0. The summed E-state index contributed by atoms with van der Waals surface area (Å²) in [4.78, 5) is 14.4. The van der Waals surface area contributed by atoms with Gasteiger partial charge in [0.1, 0.15) is 6.61 Å². The number of likely N-dealkylation sites (N-methyl/N-ethyl adjacent to an activating group) is 1. The molecule has 1 aliphatic rings. The standard InChI is InChI=1S/C18H18ClNO3/c1-2-20(18(21)14-7-3-4-8-15(14)19)11-13-12-22-16-9-5-6-10-17(16)23-13/h3-10,13H,2,11-12H2,1H3. The Labute approximate surface area is 140 Å². The Morgan fingerprint density at radius 1 is 1.17 bits per heavy atom. The molecule has 3 rings (SSSR count). The molecule has 0 N–H and O–H groups in total. The van der Waals surface area contributed by atoms with Crippen LogP contribution in [0.15, 0.2) is 48.5 Å². The van der Waals surface area contributed by atoms with Crippen LogP contribution in [0.2, 0.25) is 5.02 Å². The summed E-state index contributed by atoms with van der Waals surface area (Å²) in [6, 6.07) is 14.6. The van der Waals surface area contributed by atoms with Crippen molar-refractivity contribution in [3.63, 3.8) is 0 Å². The predicted molar refractivity (Wildman–Crippen MR) is 89.4 cm³/mol. The van der Waals surface area contributed by atoms with E-state index in [0.717, 1.165) is 5.75 Å². The normalized spacial score (nSPS) is 16.0. The summed E-state index contributed by atoms with van der Waals surface area (Å²) in [6.45, 7) is 3.39. The number of rotatable bonds is 4. The van der Waals surface area contributed by atoms with Gasteiger partial charge in [-0.2, -0.15) is 0 Å². The van der Waals surface area contributed by atoms with Crippen molar-refractivity contribution >= 4 is 17.5 Å². The van der Waals surface area contributed by atoms with Crippen LogP contribution in [0.25, 0.3) is 0 Å². The number of hydrogen-bond donors (Lipinski definition) is 0. The Bertz CT molecular complexity index is 704. The second-order valence-corrected chi connectivity index (χ2v) is 5.73. The molecular formula is C18H18ClNO3. The fraction of sp³-hybridized carbons (Fsp3) is 0.278. The second-order valence-electron chi connectivity index (χ2n) is 5.32. The van der Waals surface area contributed by atoms with Gasteiger partial charge < -0.3 is 14.4 Å². The molecule has 0 aromatic heterocycles. The maximum atomic E-state index is 12.7. The molecule has 1 heterocycles. The number of amides is 1. The molecule has 0 saturated heterocycles. The lowest BCUT2D eigenvalue weighted by Gasteiger charge is -2.31. The third-order valence-corrected chi connectivity index (χ3v) is 4.09. The summed E-state index contributed by atoms with van der Waals surface area (Å²) in [6.07, 6.45) is -0.198. The molecule has 0 spiro atoms. The molecule has 1 aliphatic heterocycles. The molecule has 0 aliphatic carbocycles. The highest BCUT2D eigenvalue weighted by atomic mass is 35.5. The quantitative estimate of drug-likeness (QED) is 0.858. The van der Waals surface area contributed by atoms with E-state index in [2.05, 4.69) is 0 Å². The van der Waals surface area contributed by atoms with E-state index in [9.17, 15) is 4.79 Å². The topological polar surface area (TPSA) is 38.8 Å². The molecule has 5 heteroatoms. The van der Waals surface area contributed by atoms with Crippen molar-refractivity contribution in [1.29, 1.82) is 0 Å². The van der Waals surface area contributed by atoms with Crippen LogP contribution in [0.1, 0.15) is 17.3 Å². The van der Waals surface area contributed by atoms with Gasteiger partial charge in [0.05, 0.1) is 17.1 Å². The molecular weight excluding hydrogens is 314 g/mol. The molecule has 1 unspecified atom stereocenters. The minimum Gasteiger partial charge on any atom is -0.486 e. The van der Waals surface area contributed by atoms with Gasteiger partial charge in [-0.25, -0.2) is 0 Å². The van der Waals surface area contributed by atoms with Crippen molar-refractivity contribution in [2.24, 2.45) is 0 Å². The minimum atomic E-state index is -0.198. The van der Waals surface area contributed by atoms with Crippen LogP contribution < -0.4 is 9.47 Å². The van der Waals surface area contributed by atoms with Crippen LogP contribution in [0.5, 0.6) is 11.5 Å². The maximum Gasteiger partial charge on any atom is 0.255 e. The highest BCUT2D eigenvalue weighted by Gasteiger charge is 2.25. The zero-order chi connectivity index (χ0) is 16.2. The number of carbonyl (C=O) groups excluding carboxylic acids is 1. The molecule has 2 aromatic rings. The number of benzene rings is 2. The van der Waals surface area contributed by atoms with E-state index in [-0.39, 0.29) is 12.0 Å². The Morgan fingerprint density at radius 2 is 1.87 bits per heavy atom. The number of ether oxygens (including phenoxy) is 2. The zero-order valence-electron chi connectivity index (χ0n) is 12.9. The Balaban J connectivity index is 1.71. The summed E-state index contributed by atoms with van der Waals surface area (Å²) in [5, 5.41) is 0.460. The molecule has 0 fully saturated rings. The van der Waals surface area contributed by atoms with E-state index in [1.54, 1.807) is 17.0 Å². The third-order valence-electron chi connectivity index (χ3n) is 3.76. The van der Waals surface area contributed by atoms with Crippen LogP contribution in [0, 0.1) is 0 Å². The second kappa shape index (κ2) is 6.92. The fourth-order valence-corrected chi connectivity index (χ4v) is 2.78. The van der Waals surface area contributed by atoms with Crippen molar-refractivity contribution < 1.29 is 14.3 Å². The average molecular weight is 332 g/mol. The lowest BCUT2D eigenvalue weighted by atomic mass is 10.2. The Kier molecular flexibility index (Phi) is 4.72. The van der Waals surface area contributed by atoms with E-state index >= 15 is 0 Å². The van der Waals surface area contributed by atoms with Crippen LogP contribution in [-0.2, 0) is 0 Å². The van der Waals surface area contributed by atoms with Gasteiger partial charge in [-0.1, -0.05) is 35.9 Å². The van der Waals surface area contributed by atoms with Crippen LogP contribution in [0.4, 0.5) is 0 Å². The highest BCUT2D eigenvalue weighted by molar-refractivity contribution is 6.33. The van der Waals surface area contributed by atoms with Crippen molar-refractivity contribution in [1.82, 2.24) is 4.90 Å². The molecule has 2 aromatic carbocycles. The van der Waals surface area contributed by atoms with E-state index in [4.69, 9.17) is 21.1 Å². The first-order valence-electron chi connectivity index (χ1n) is 7.61. The molecule has 0 radical (unpaired) electrons. The lowest BCUT2D eigenvalue weighted by molar-refractivity contribution is 0.0475. The molecule has 4 nitrogen and oxygen atoms in total. The van der Waals surface area contributed by atoms with Crippen molar-refractivity contribution in [3.05, 3.63) is 59.1 Å². The van der Waals surface area contributed by atoms with Crippen molar-refractivity contribution in [3.8, 4) is 11.5 Å².